The summed E-state index contributed by atoms with van der Waals surface area (Å²) in [6.45, 7) is 1.39. The second kappa shape index (κ2) is 4.72. The normalized spacial score (nSPS) is 25.2. The molecule has 2 heteroatoms. The number of benzene rings is 2. The molecule has 2 aromatic carbocycles. The van der Waals surface area contributed by atoms with Gasteiger partial charge in [0.25, 0.3) is 0 Å². The van der Waals surface area contributed by atoms with Crippen molar-refractivity contribution in [3.05, 3.63) is 70.8 Å². The molecule has 4 rings (SSSR count). The van der Waals surface area contributed by atoms with Gasteiger partial charge in [-0.1, -0.05) is 48.5 Å². The predicted molar refractivity (Wildman–Crippen MR) is 77.2 cm³/mol. The Balaban J connectivity index is 1.53. The molecule has 102 valence electrons. The van der Waals surface area contributed by atoms with Gasteiger partial charge in [-0.05, 0) is 40.5 Å². The Morgan fingerprint density at radius 3 is 2.65 bits per heavy atom. The van der Waals surface area contributed by atoms with E-state index in [2.05, 4.69) is 42.5 Å². The van der Waals surface area contributed by atoms with Gasteiger partial charge in [-0.3, -0.25) is 0 Å². The monoisotopic (exact) mass is 266 g/mol. The predicted octanol–water partition coefficient (Wildman–Crippen LogP) is 3.55. The highest BCUT2D eigenvalue weighted by Crippen LogP contribution is 2.54. The minimum absolute atomic E-state index is 0.355. The SMILES string of the molecule is OC(c1ccc2c(c1)COC2)C1CC1c1ccccc1. The number of fused-ring (bicyclic) bond motifs is 1. The van der Waals surface area contributed by atoms with Gasteiger partial charge in [-0.25, -0.2) is 0 Å². The van der Waals surface area contributed by atoms with Crippen LogP contribution in [0.4, 0.5) is 0 Å². The molecule has 1 saturated carbocycles. The molecule has 0 saturated heterocycles. The number of hydrogen-bond acceptors (Lipinski definition) is 2. The van der Waals surface area contributed by atoms with E-state index < -0.39 is 0 Å². The minimum atomic E-state index is -0.355. The number of ether oxygens (including phenoxy) is 1. The maximum absolute atomic E-state index is 10.6. The van der Waals surface area contributed by atoms with Crippen LogP contribution >= 0.6 is 0 Å². The molecule has 1 fully saturated rings. The highest BCUT2D eigenvalue weighted by Gasteiger charge is 2.43. The van der Waals surface area contributed by atoms with Crippen molar-refractivity contribution in [1.82, 2.24) is 0 Å². The van der Waals surface area contributed by atoms with Crippen LogP contribution < -0.4 is 0 Å². The molecule has 1 heterocycles. The second-order valence-corrected chi connectivity index (χ2v) is 5.88. The topological polar surface area (TPSA) is 29.5 Å². The van der Waals surface area contributed by atoms with Crippen molar-refractivity contribution in [2.24, 2.45) is 5.92 Å². The number of hydrogen-bond donors (Lipinski definition) is 1. The summed E-state index contributed by atoms with van der Waals surface area (Å²) >= 11 is 0. The first-order valence-corrected chi connectivity index (χ1v) is 7.25. The zero-order valence-electron chi connectivity index (χ0n) is 11.3. The van der Waals surface area contributed by atoms with Crippen LogP contribution in [0.15, 0.2) is 48.5 Å². The molecule has 1 N–H and O–H groups in total. The van der Waals surface area contributed by atoms with E-state index in [-0.39, 0.29) is 6.10 Å². The van der Waals surface area contributed by atoms with Gasteiger partial charge in [-0.15, -0.1) is 0 Å². The molecule has 2 aromatic rings. The van der Waals surface area contributed by atoms with Gasteiger partial charge in [0.15, 0.2) is 0 Å². The molecule has 3 atom stereocenters. The maximum atomic E-state index is 10.6. The summed E-state index contributed by atoms with van der Waals surface area (Å²) in [6.07, 6.45) is 0.727. The first kappa shape index (κ1) is 12.1. The molecule has 20 heavy (non-hydrogen) atoms. The smallest absolute Gasteiger partial charge is 0.0824 e. The summed E-state index contributed by atoms with van der Waals surface area (Å²) in [5.74, 6) is 0.869. The molecule has 0 aromatic heterocycles. The third-order valence-corrected chi connectivity index (χ3v) is 4.56. The van der Waals surface area contributed by atoms with Crippen LogP contribution in [0.2, 0.25) is 0 Å². The highest BCUT2D eigenvalue weighted by atomic mass is 16.5. The fourth-order valence-corrected chi connectivity index (χ4v) is 3.27. The third kappa shape index (κ3) is 2.05. The van der Waals surface area contributed by atoms with Crippen molar-refractivity contribution in [2.75, 3.05) is 0 Å². The summed E-state index contributed by atoms with van der Waals surface area (Å²) in [4.78, 5) is 0. The van der Waals surface area contributed by atoms with Gasteiger partial charge in [-0.2, -0.15) is 0 Å². The molecule has 1 aliphatic carbocycles. The van der Waals surface area contributed by atoms with E-state index in [4.69, 9.17) is 4.74 Å². The zero-order chi connectivity index (χ0) is 13.5. The molecule has 0 bridgehead atoms. The van der Waals surface area contributed by atoms with Gasteiger partial charge >= 0.3 is 0 Å². The van der Waals surface area contributed by atoms with Crippen LogP contribution in [0.3, 0.4) is 0 Å². The average Bonchev–Trinajstić information content (AvgIpc) is 3.17. The van der Waals surface area contributed by atoms with Crippen molar-refractivity contribution in [3.63, 3.8) is 0 Å². The van der Waals surface area contributed by atoms with Crippen molar-refractivity contribution in [1.29, 1.82) is 0 Å². The summed E-state index contributed by atoms with van der Waals surface area (Å²) in [6, 6.07) is 16.8. The van der Waals surface area contributed by atoms with Crippen LogP contribution in [0, 0.1) is 5.92 Å². The Labute approximate surface area is 119 Å². The molecule has 2 aliphatic rings. The lowest BCUT2D eigenvalue weighted by Crippen LogP contribution is -2.02. The molecular weight excluding hydrogens is 248 g/mol. The molecule has 0 spiro atoms. The standard InChI is InChI=1S/C18H18O2/c19-18(13-6-7-14-10-20-11-15(14)8-13)17-9-16(17)12-4-2-1-3-5-12/h1-8,16-19H,9-11H2. The highest BCUT2D eigenvalue weighted by molar-refractivity contribution is 5.36. The molecular formula is C18H18O2. The van der Waals surface area contributed by atoms with E-state index in [0.29, 0.717) is 25.0 Å². The Morgan fingerprint density at radius 1 is 1.00 bits per heavy atom. The van der Waals surface area contributed by atoms with Crippen LogP contribution in [0.5, 0.6) is 0 Å². The lowest BCUT2D eigenvalue weighted by Gasteiger charge is -2.12. The van der Waals surface area contributed by atoms with Crippen LogP contribution in [0.1, 0.15) is 40.7 Å². The molecule has 0 amide bonds. The van der Waals surface area contributed by atoms with Gasteiger partial charge in [0, 0.05) is 0 Å². The van der Waals surface area contributed by atoms with E-state index in [0.717, 1.165) is 12.0 Å². The van der Waals surface area contributed by atoms with Crippen LogP contribution in [0.25, 0.3) is 0 Å². The van der Waals surface area contributed by atoms with Gasteiger partial charge in [0.1, 0.15) is 0 Å². The molecule has 2 nitrogen and oxygen atoms in total. The van der Waals surface area contributed by atoms with Crippen LogP contribution in [-0.4, -0.2) is 5.11 Å². The van der Waals surface area contributed by atoms with E-state index in [9.17, 15) is 5.11 Å². The number of rotatable bonds is 3. The number of aliphatic hydroxyl groups excluding tert-OH is 1. The van der Waals surface area contributed by atoms with Crippen molar-refractivity contribution >= 4 is 0 Å². The van der Waals surface area contributed by atoms with Crippen molar-refractivity contribution in [2.45, 2.75) is 31.7 Å². The largest absolute Gasteiger partial charge is 0.388 e. The number of aliphatic hydroxyl groups is 1. The third-order valence-electron chi connectivity index (χ3n) is 4.56. The quantitative estimate of drug-likeness (QED) is 0.920. The first-order valence-electron chi connectivity index (χ1n) is 7.25. The lowest BCUT2D eigenvalue weighted by atomic mass is 9.98. The average molecular weight is 266 g/mol. The molecule has 3 unspecified atom stereocenters. The second-order valence-electron chi connectivity index (χ2n) is 5.88. The Morgan fingerprint density at radius 2 is 1.80 bits per heavy atom. The zero-order valence-corrected chi connectivity index (χ0v) is 11.3. The lowest BCUT2D eigenvalue weighted by molar-refractivity contribution is 0.134. The summed E-state index contributed by atoms with van der Waals surface area (Å²) in [7, 11) is 0. The Hall–Kier alpha value is -1.64. The summed E-state index contributed by atoms with van der Waals surface area (Å²) in [5.41, 5.74) is 4.88. The Kier molecular flexibility index (Phi) is 2.86. The van der Waals surface area contributed by atoms with Gasteiger partial charge in [0.2, 0.25) is 0 Å². The summed E-state index contributed by atoms with van der Waals surface area (Å²) in [5, 5.41) is 10.6. The van der Waals surface area contributed by atoms with E-state index >= 15 is 0 Å². The van der Waals surface area contributed by atoms with Crippen molar-refractivity contribution in [3.8, 4) is 0 Å². The fraction of sp³-hybridized carbons (Fsp3) is 0.333. The molecule has 0 radical (unpaired) electrons. The van der Waals surface area contributed by atoms with E-state index in [1.54, 1.807) is 0 Å². The van der Waals surface area contributed by atoms with Crippen LogP contribution in [-0.2, 0) is 18.0 Å². The van der Waals surface area contributed by atoms with Crippen molar-refractivity contribution < 1.29 is 9.84 Å². The maximum Gasteiger partial charge on any atom is 0.0824 e. The van der Waals surface area contributed by atoms with E-state index in [1.807, 2.05) is 6.07 Å². The first-order chi connectivity index (χ1) is 9.83. The molecule has 1 aliphatic heterocycles. The summed E-state index contributed by atoms with van der Waals surface area (Å²) < 4.78 is 5.43. The van der Waals surface area contributed by atoms with E-state index in [1.165, 1.54) is 16.7 Å². The fourth-order valence-electron chi connectivity index (χ4n) is 3.27. The van der Waals surface area contributed by atoms with Gasteiger partial charge in [0.05, 0.1) is 19.3 Å². The minimum Gasteiger partial charge on any atom is -0.388 e. The van der Waals surface area contributed by atoms with Gasteiger partial charge < -0.3 is 9.84 Å². The Bertz CT molecular complexity index is 621.